The Balaban J connectivity index is 2.18. The second-order valence-electron chi connectivity index (χ2n) is 13.4. The Labute approximate surface area is 279 Å². The zero-order valence-electron chi connectivity index (χ0n) is 30.0. The quantitative estimate of drug-likeness (QED) is 0.0517. The summed E-state index contributed by atoms with van der Waals surface area (Å²) in [6.45, 7) is 16.4. The number of ether oxygens (including phenoxy) is 1. The van der Waals surface area contributed by atoms with Crippen molar-refractivity contribution in [3.05, 3.63) is 48.0 Å². The van der Waals surface area contributed by atoms with Crippen LogP contribution in [0.3, 0.4) is 0 Å². The van der Waals surface area contributed by atoms with Crippen LogP contribution in [0.5, 0.6) is 0 Å². The van der Waals surface area contributed by atoms with E-state index in [2.05, 4.69) is 84.0 Å². The number of carbonyl (C=O) groups excluding carboxylic acids is 1. The molecule has 0 bridgehead atoms. The van der Waals surface area contributed by atoms with Crippen LogP contribution in [-0.2, 0) is 24.8 Å². The molecule has 45 heavy (non-hydrogen) atoms. The maximum absolute atomic E-state index is 11.9. The number of rotatable bonds is 24. The Morgan fingerprint density at radius 2 is 1.53 bits per heavy atom. The average molecular weight is 661 g/mol. The molecular formula is C38H68O5Si2. The lowest BCUT2D eigenvalue weighted by atomic mass is 9.85. The molecule has 5 nitrogen and oxygen atoms in total. The lowest BCUT2D eigenvalue weighted by Crippen LogP contribution is -2.42. The number of esters is 1. The Morgan fingerprint density at radius 3 is 2.13 bits per heavy atom. The molecule has 1 aromatic rings. The van der Waals surface area contributed by atoms with Gasteiger partial charge in [-0.15, -0.1) is 0 Å². The van der Waals surface area contributed by atoms with Crippen LogP contribution in [0.2, 0.25) is 36.3 Å². The van der Waals surface area contributed by atoms with Crippen molar-refractivity contribution in [1.29, 1.82) is 0 Å². The molecule has 1 fully saturated rings. The molecule has 2 rings (SSSR count). The van der Waals surface area contributed by atoms with E-state index in [-0.39, 0.29) is 30.2 Å². The Morgan fingerprint density at radius 1 is 0.889 bits per heavy atom. The highest BCUT2D eigenvalue weighted by molar-refractivity contribution is 6.74. The first-order valence-electron chi connectivity index (χ1n) is 18.6. The third-order valence-electron chi connectivity index (χ3n) is 10.9. The van der Waals surface area contributed by atoms with Crippen LogP contribution in [0.25, 0.3) is 0 Å². The van der Waals surface area contributed by atoms with Gasteiger partial charge in [0.1, 0.15) is 0 Å². The first kappa shape index (κ1) is 39.9. The van der Waals surface area contributed by atoms with Gasteiger partial charge in [0.15, 0.2) is 16.6 Å². The summed E-state index contributed by atoms with van der Waals surface area (Å²) in [5.41, 5.74) is 1.37. The van der Waals surface area contributed by atoms with Crippen LogP contribution in [-0.4, -0.2) is 52.6 Å². The van der Waals surface area contributed by atoms with E-state index in [1.54, 1.807) is 0 Å². The number of benzene rings is 1. The van der Waals surface area contributed by atoms with Crippen molar-refractivity contribution >= 4 is 22.6 Å². The minimum Gasteiger partial charge on any atom is -0.466 e. The number of aliphatic hydroxyl groups excluding tert-OH is 1. The van der Waals surface area contributed by atoms with Gasteiger partial charge in [-0.25, -0.2) is 0 Å². The van der Waals surface area contributed by atoms with Gasteiger partial charge in [0.25, 0.3) is 0 Å². The fraction of sp³-hybridized carbons (Fsp3) is 0.763. The van der Waals surface area contributed by atoms with E-state index in [9.17, 15) is 9.90 Å². The molecule has 0 spiro atoms. The molecule has 0 aliphatic heterocycles. The summed E-state index contributed by atoms with van der Waals surface area (Å²) in [6, 6.07) is 17.7. The number of unbranched alkanes of at least 4 members (excludes halogenated alkanes) is 1. The van der Waals surface area contributed by atoms with Crippen LogP contribution in [0.15, 0.2) is 42.5 Å². The zero-order chi connectivity index (χ0) is 33.1. The molecule has 0 heterocycles. The van der Waals surface area contributed by atoms with Crippen molar-refractivity contribution in [2.75, 3.05) is 6.61 Å². The zero-order valence-corrected chi connectivity index (χ0v) is 32.0. The van der Waals surface area contributed by atoms with Crippen LogP contribution in [0.4, 0.5) is 0 Å². The lowest BCUT2D eigenvalue weighted by molar-refractivity contribution is -0.143. The smallest absolute Gasteiger partial charge is 0.305 e. The molecule has 0 unspecified atom stereocenters. The molecule has 1 aliphatic rings. The number of aliphatic hydroxyl groups is 1. The van der Waals surface area contributed by atoms with Crippen LogP contribution in [0, 0.1) is 11.8 Å². The van der Waals surface area contributed by atoms with Gasteiger partial charge in [-0.3, -0.25) is 4.79 Å². The van der Waals surface area contributed by atoms with Gasteiger partial charge in [0.05, 0.1) is 18.8 Å². The number of hydrogen-bond acceptors (Lipinski definition) is 5. The normalized spacial score (nSPS) is 21.4. The Kier molecular flexibility index (Phi) is 19.1. The minimum atomic E-state index is -1.81. The van der Waals surface area contributed by atoms with Gasteiger partial charge >= 0.3 is 5.97 Å². The van der Waals surface area contributed by atoms with Crippen molar-refractivity contribution in [3.63, 3.8) is 0 Å². The summed E-state index contributed by atoms with van der Waals surface area (Å²) in [6.07, 6.45) is 13.2. The molecule has 1 saturated carbocycles. The largest absolute Gasteiger partial charge is 0.466 e. The van der Waals surface area contributed by atoms with Crippen molar-refractivity contribution < 1.29 is 23.5 Å². The monoisotopic (exact) mass is 660 g/mol. The molecule has 0 saturated heterocycles. The molecule has 1 aromatic carbocycles. The third kappa shape index (κ3) is 13.0. The highest BCUT2D eigenvalue weighted by atomic mass is 28.4. The molecule has 258 valence electrons. The molecule has 1 aliphatic carbocycles. The molecule has 0 radical (unpaired) electrons. The van der Waals surface area contributed by atoms with Gasteiger partial charge < -0.3 is 18.7 Å². The number of aryl methyl sites for hydroxylation is 1. The summed E-state index contributed by atoms with van der Waals surface area (Å²) in [7, 11) is -3.58. The standard InChI is InChI=1S/C38H68O5Si2/c1-8-30-41-38(40)25-21-16-15-20-24-35-34(36(39)31-37(35)43-45(12-5,13-6)14-7)29-28-33(42-44(9-2,10-3)11-4)27-26-32-22-18-17-19-23-32/h15,17-20,22-23,33-37,39H,8-14,16,21,24-31H2,1-7H3/t33-,34+,35+,36+,37-/m0/s1. The highest BCUT2D eigenvalue weighted by Crippen LogP contribution is 2.43. The molecule has 7 heteroatoms. The summed E-state index contributed by atoms with van der Waals surface area (Å²) in [5.74, 6) is 0.426. The maximum atomic E-state index is 11.9. The summed E-state index contributed by atoms with van der Waals surface area (Å²) >= 11 is 0. The minimum absolute atomic E-state index is 0.0944. The van der Waals surface area contributed by atoms with Crippen LogP contribution >= 0.6 is 0 Å². The average Bonchev–Trinajstić information content (AvgIpc) is 3.37. The first-order chi connectivity index (χ1) is 21.7. The number of hydrogen-bond donors (Lipinski definition) is 1. The molecule has 1 N–H and O–H groups in total. The van der Waals surface area contributed by atoms with E-state index in [1.165, 1.54) is 5.56 Å². The predicted octanol–water partition coefficient (Wildman–Crippen LogP) is 10.2. The Bertz CT molecular complexity index is 930. The van der Waals surface area contributed by atoms with Crippen LogP contribution in [0.1, 0.15) is 112 Å². The van der Waals surface area contributed by atoms with E-state index in [4.69, 9.17) is 13.6 Å². The van der Waals surface area contributed by atoms with Crippen molar-refractivity contribution in [1.82, 2.24) is 0 Å². The topological polar surface area (TPSA) is 65.0 Å². The van der Waals surface area contributed by atoms with Gasteiger partial charge in [0.2, 0.25) is 0 Å². The van der Waals surface area contributed by atoms with E-state index in [1.807, 2.05) is 6.92 Å². The maximum Gasteiger partial charge on any atom is 0.305 e. The molecular weight excluding hydrogens is 593 g/mol. The number of allylic oxidation sites excluding steroid dienone is 2. The van der Waals surface area contributed by atoms with Gasteiger partial charge in [-0.2, -0.15) is 0 Å². The van der Waals surface area contributed by atoms with E-state index < -0.39 is 16.6 Å². The summed E-state index contributed by atoms with van der Waals surface area (Å²) in [4.78, 5) is 11.9. The fourth-order valence-electron chi connectivity index (χ4n) is 7.33. The van der Waals surface area contributed by atoms with Gasteiger partial charge in [-0.1, -0.05) is 91.0 Å². The fourth-order valence-corrected chi connectivity index (χ4v) is 13.2. The second-order valence-corrected chi connectivity index (χ2v) is 22.9. The third-order valence-corrected chi connectivity index (χ3v) is 20.3. The summed E-state index contributed by atoms with van der Waals surface area (Å²) in [5, 5.41) is 11.5. The van der Waals surface area contributed by atoms with Crippen molar-refractivity contribution in [3.8, 4) is 0 Å². The van der Waals surface area contributed by atoms with E-state index in [0.717, 1.165) is 94.1 Å². The van der Waals surface area contributed by atoms with Gasteiger partial charge in [0, 0.05) is 12.5 Å². The molecule has 0 aromatic heterocycles. The van der Waals surface area contributed by atoms with E-state index in [0.29, 0.717) is 18.9 Å². The number of carbonyl (C=O) groups is 1. The van der Waals surface area contributed by atoms with Gasteiger partial charge in [-0.05, 0) is 111 Å². The second kappa shape index (κ2) is 21.6. The first-order valence-corrected chi connectivity index (χ1v) is 23.7. The lowest BCUT2D eigenvalue weighted by Gasteiger charge is -2.36. The Hall–Kier alpha value is -1.26. The van der Waals surface area contributed by atoms with Crippen LogP contribution < -0.4 is 0 Å². The SMILES string of the molecule is CCCOC(=O)CCCC=CC[C@@H]1[C@@H](CC[C@H](CCc2ccccc2)O[Si](CC)(CC)CC)[C@H](O)C[C@@H]1O[Si](CC)(CC)CC. The predicted molar refractivity (Wildman–Crippen MR) is 195 cm³/mol. The van der Waals surface area contributed by atoms with Crippen molar-refractivity contribution in [2.24, 2.45) is 11.8 Å². The van der Waals surface area contributed by atoms with E-state index >= 15 is 0 Å². The summed E-state index contributed by atoms with van der Waals surface area (Å²) < 4.78 is 19.5. The molecule has 0 amide bonds. The molecule has 5 atom stereocenters. The highest BCUT2D eigenvalue weighted by Gasteiger charge is 2.45. The van der Waals surface area contributed by atoms with Crippen molar-refractivity contribution in [2.45, 2.75) is 167 Å².